The maximum atomic E-state index is 13.8. The van der Waals surface area contributed by atoms with Crippen molar-refractivity contribution in [2.75, 3.05) is 12.4 Å². The number of methoxy groups -OCH3 is 1. The average molecular weight is 279 g/mol. The molecule has 0 spiro atoms. The van der Waals surface area contributed by atoms with Crippen LogP contribution in [0.15, 0.2) is 24.5 Å². The Balaban J connectivity index is 2.27. The van der Waals surface area contributed by atoms with Gasteiger partial charge in [-0.2, -0.15) is 0 Å². The fourth-order valence-corrected chi connectivity index (χ4v) is 1.50. The molecule has 0 fully saturated rings. The molecule has 1 aromatic carbocycles. The highest BCUT2D eigenvalue weighted by atomic mass is 19.1. The summed E-state index contributed by atoms with van der Waals surface area (Å²) >= 11 is 0. The van der Waals surface area contributed by atoms with E-state index in [0.717, 1.165) is 12.3 Å². The smallest absolute Gasteiger partial charge is 0.358 e. The summed E-state index contributed by atoms with van der Waals surface area (Å²) in [4.78, 5) is 18.8. The Morgan fingerprint density at radius 3 is 2.60 bits per heavy atom. The van der Waals surface area contributed by atoms with E-state index in [9.17, 15) is 13.6 Å². The van der Waals surface area contributed by atoms with Gasteiger partial charge in [0.2, 0.25) is 0 Å². The van der Waals surface area contributed by atoms with Gasteiger partial charge in [-0.3, -0.25) is 0 Å². The van der Waals surface area contributed by atoms with Crippen molar-refractivity contribution in [2.45, 2.75) is 6.92 Å². The molecule has 2 aromatic rings. The predicted molar refractivity (Wildman–Crippen MR) is 67.7 cm³/mol. The van der Waals surface area contributed by atoms with Gasteiger partial charge in [-0.05, 0) is 18.6 Å². The number of hydrogen-bond donors (Lipinski definition) is 1. The average Bonchev–Trinajstić information content (AvgIpc) is 2.47. The van der Waals surface area contributed by atoms with E-state index in [0.29, 0.717) is 5.56 Å². The number of rotatable bonds is 3. The van der Waals surface area contributed by atoms with Gasteiger partial charge >= 0.3 is 5.97 Å². The van der Waals surface area contributed by atoms with E-state index in [2.05, 4.69) is 20.0 Å². The third kappa shape index (κ3) is 2.71. The number of esters is 1. The molecule has 7 heteroatoms. The molecule has 0 bridgehead atoms. The van der Waals surface area contributed by atoms with Gasteiger partial charge < -0.3 is 10.1 Å². The lowest BCUT2D eigenvalue weighted by molar-refractivity contribution is 0.0593. The van der Waals surface area contributed by atoms with Gasteiger partial charge in [-0.15, -0.1) is 0 Å². The van der Waals surface area contributed by atoms with E-state index in [1.807, 2.05) is 0 Å². The number of anilines is 2. The quantitative estimate of drug-likeness (QED) is 0.875. The number of aryl methyl sites for hydroxylation is 1. The molecule has 1 heterocycles. The lowest BCUT2D eigenvalue weighted by Crippen LogP contribution is -2.06. The molecular formula is C13H11F2N3O2. The summed E-state index contributed by atoms with van der Waals surface area (Å²) < 4.78 is 31.8. The summed E-state index contributed by atoms with van der Waals surface area (Å²) in [5, 5.41) is 2.49. The predicted octanol–water partition coefficient (Wildman–Crippen LogP) is 2.59. The van der Waals surface area contributed by atoms with Gasteiger partial charge in [0.1, 0.15) is 17.3 Å². The molecule has 0 aliphatic heterocycles. The third-order valence-corrected chi connectivity index (χ3v) is 2.58. The molecule has 0 saturated heterocycles. The maximum absolute atomic E-state index is 13.8. The molecule has 104 valence electrons. The highest BCUT2D eigenvalue weighted by Crippen LogP contribution is 2.24. The molecule has 0 radical (unpaired) electrons. The molecule has 2 rings (SSSR count). The second-order valence-electron chi connectivity index (χ2n) is 3.96. The number of hydrogen-bond acceptors (Lipinski definition) is 5. The second-order valence-corrected chi connectivity index (χ2v) is 3.96. The van der Waals surface area contributed by atoms with Crippen LogP contribution in [0, 0.1) is 18.6 Å². The molecule has 1 N–H and O–H groups in total. The minimum absolute atomic E-state index is 0.00300. The number of nitrogens with zero attached hydrogens (tertiary/aromatic N) is 2. The molecule has 5 nitrogen and oxygen atoms in total. The first-order chi connectivity index (χ1) is 9.52. The number of benzene rings is 1. The first-order valence-corrected chi connectivity index (χ1v) is 5.65. The third-order valence-electron chi connectivity index (χ3n) is 2.58. The van der Waals surface area contributed by atoms with Crippen molar-refractivity contribution in [2.24, 2.45) is 0 Å². The highest BCUT2D eigenvalue weighted by Gasteiger charge is 2.13. The Labute approximate surface area is 113 Å². The summed E-state index contributed by atoms with van der Waals surface area (Å²) in [6.07, 6.45) is 2.34. The van der Waals surface area contributed by atoms with Gasteiger partial charge in [0, 0.05) is 0 Å². The SMILES string of the molecule is COC(=O)c1cnc(Nc2c(F)ccc(C)c2F)cn1. The van der Waals surface area contributed by atoms with Crippen molar-refractivity contribution in [1.29, 1.82) is 0 Å². The standard InChI is InChI=1S/C13H11F2N3O2/c1-7-3-4-8(14)12(11(7)15)18-10-6-16-9(5-17-10)13(19)20-2/h3-6H,1-2H3,(H,17,18). The number of aromatic nitrogens is 2. The Hall–Kier alpha value is -2.57. The van der Waals surface area contributed by atoms with Crippen LogP contribution in [0.3, 0.4) is 0 Å². The van der Waals surface area contributed by atoms with E-state index >= 15 is 0 Å². The zero-order chi connectivity index (χ0) is 14.7. The second kappa shape index (κ2) is 5.60. The Kier molecular flexibility index (Phi) is 3.88. The van der Waals surface area contributed by atoms with Gasteiger partial charge in [-0.1, -0.05) is 6.07 Å². The van der Waals surface area contributed by atoms with Crippen LogP contribution in [0.2, 0.25) is 0 Å². The zero-order valence-corrected chi connectivity index (χ0v) is 10.8. The van der Waals surface area contributed by atoms with Crippen LogP contribution < -0.4 is 5.32 Å². The molecule has 0 aliphatic carbocycles. The number of halogens is 2. The van der Waals surface area contributed by atoms with Crippen molar-refractivity contribution < 1.29 is 18.3 Å². The first kappa shape index (κ1) is 13.9. The van der Waals surface area contributed by atoms with E-state index in [-0.39, 0.29) is 17.2 Å². The van der Waals surface area contributed by atoms with Crippen molar-refractivity contribution in [1.82, 2.24) is 9.97 Å². The topological polar surface area (TPSA) is 64.1 Å². The molecule has 20 heavy (non-hydrogen) atoms. The molecule has 0 aliphatic rings. The van der Waals surface area contributed by atoms with Crippen LogP contribution >= 0.6 is 0 Å². The summed E-state index contributed by atoms with van der Waals surface area (Å²) in [7, 11) is 1.22. The van der Waals surface area contributed by atoms with E-state index < -0.39 is 17.6 Å². The van der Waals surface area contributed by atoms with Crippen LogP contribution in [0.4, 0.5) is 20.3 Å². The summed E-state index contributed by atoms with van der Waals surface area (Å²) in [5.74, 6) is -1.98. The molecule has 0 amide bonds. The highest BCUT2D eigenvalue weighted by molar-refractivity contribution is 5.86. The minimum Gasteiger partial charge on any atom is -0.464 e. The molecule has 0 unspecified atom stereocenters. The Bertz CT molecular complexity index is 645. The van der Waals surface area contributed by atoms with Crippen molar-refractivity contribution >= 4 is 17.5 Å². The van der Waals surface area contributed by atoms with Crippen LogP contribution in [0.5, 0.6) is 0 Å². The van der Waals surface area contributed by atoms with Crippen LogP contribution in [-0.2, 0) is 4.74 Å². The molecular weight excluding hydrogens is 268 g/mol. The monoisotopic (exact) mass is 279 g/mol. The van der Waals surface area contributed by atoms with Crippen molar-refractivity contribution in [3.8, 4) is 0 Å². The van der Waals surface area contributed by atoms with Crippen LogP contribution in [0.25, 0.3) is 0 Å². The van der Waals surface area contributed by atoms with Crippen LogP contribution in [0.1, 0.15) is 16.1 Å². The summed E-state index contributed by atoms with van der Waals surface area (Å²) in [6, 6.07) is 2.48. The Morgan fingerprint density at radius 1 is 1.25 bits per heavy atom. The van der Waals surface area contributed by atoms with Crippen molar-refractivity contribution in [3.05, 3.63) is 47.4 Å². The molecule has 0 atom stereocenters. The van der Waals surface area contributed by atoms with Gasteiger partial charge in [0.05, 0.1) is 19.5 Å². The van der Waals surface area contributed by atoms with E-state index in [1.54, 1.807) is 0 Å². The maximum Gasteiger partial charge on any atom is 0.358 e. The summed E-state index contributed by atoms with van der Waals surface area (Å²) in [5.41, 5.74) is -0.0126. The lowest BCUT2D eigenvalue weighted by atomic mass is 10.2. The molecule has 0 saturated carbocycles. The lowest BCUT2D eigenvalue weighted by Gasteiger charge is -2.09. The first-order valence-electron chi connectivity index (χ1n) is 5.65. The largest absolute Gasteiger partial charge is 0.464 e. The minimum atomic E-state index is -0.744. The molecule has 1 aromatic heterocycles. The number of carbonyl (C=O) groups excluding carboxylic acids is 1. The fraction of sp³-hybridized carbons (Fsp3) is 0.154. The Morgan fingerprint density at radius 2 is 2.00 bits per heavy atom. The van der Waals surface area contributed by atoms with E-state index in [1.165, 1.54) is 26.3 Å². The van der Waals surface area contributed by atoms with Gasteiger partial charge in [-0.25, -0.2) is 23.5 Å². The normalized spacial score (nSPS) is 10.2. The number of nitrogens with one attached hydrogen (secondary N) is 1. The van der Waals surface area contributed by atoms with Gasteiger partial charge in [0.25, 0.3) is 0 Å². The zero-order valence-electron chi connectivity index (χ0n) is 10.8. The van der Waals surface area contributed by atoms with Crippen molar-refractivity contribution in [3.63, 3.8) is 0 Å². The van der Waals surface area contributed by atoms with Gasteiger partial charge in [0.15, 0.2) is 11.5 Å². The number of ether oxygens (including phenoxy) is 1. The fourth-order valence-electron chi connectivity index (χ4n) is 1.50. The van der Waals surface area contributed by atoms with Crippen LogP contribution in [-0.4, -0.2) is 23.0 Å². The van der Waals surface area contributed by atoms with E-state index in [4.69, 9.17) is 0 Å². The number of carbonyl (C=O) groups is 1. The summed E-state index contributed by atoms with van der Waals surface area (Å²) in [6.45, 7) is 1.52.